The maximum absolute atomic E-state index is 13.7. The second-order valence-electron chi connectivity index (χ2n) is 11.6. The largest absolute Gasteiger partial charge is 0.388 e. The number of nitrogens with one attached hydrogen (secondary N) is 1. The van der Waals surface area contributed by atoms with Gasteiger partial charge in [-0.1, -0.05) is 36.4 Å². The molecule has 2 heterocycles. The minimum atomic E-state index is -0.781. The quantitative estimate of drug-likeness (QED) is 0.521. The molecule has 0 radical (unpaired) electrons. The predicted molar refractivity (Wildman–Crippen MR) is 143 cm³/mol. The standard InChI is InChI=1S/C29H39N5O3/c1-32(2)29(23-9-4-3-5-10-23)18-16-27(17-19-29)21-24(34(37)33(27)22-28(36)14-8-15-28)12-13-26(35)31-25-11-6-7-20-30-25/h3-7,9-11,20,24,36H,8,12-19,21-22H2,1-2H3/p+1/t24-,27?,29?/m1/s1. The summed E-state index contributed by atoms with van der Waals surface area (Å²) in [5, 5.41) is 15.8. The topological polar surface area (TPSA) is 88.8 Å². The fraction of sp³-hybridized carbons (Fsp3) is 0.586. The smallest absolute Gasteiger partial charge is 0.237 e. The second-order valence-corrected chi connectivity index (χ2v) is 11.6. The molecular weight excluding hydrogens is 466 g/mol. The summed E-state index contributed by atoms with van der Waals surface area (Å²) in [6, 6.07) is 15.8. The fourth-order valence-corrected chi connectivity index (χ4v) is 6.77. The Morgan fingerprint density at radius 2 is 1.78 bits per heavy atom. The summed E-state index contributed by atoms with van der Waals surface area (Å²) in [5.74, 6) is 0.396. The highest BCUT2D eigenvalue weighted by molar-refractivity contribution is 5.89. The van der Waals surface area contributed by atoms with Crippen LogP contribution in [0.5, 0.6) is 0 Å². The molecule has 1 aromatic carbocycles. The van der Waals surface area contributed by atoms with Crippen LogP contribution in [0, 0.1) is 4.91 Å². The molecule has 0 unspecified atom stereocenters. The Hall–Kier alpha value is -2.84. The first-order chi connectivity index (χ1) is 17.8. The SMILES string of the molecule is CN(C)C1(c2ccccc2)CCC2(CC1)C[C@@H](CCC(=O)Nc1ccccn1)[N+](=O)N2CC1(O)CCC1. The lowest BCUT2D eigenvalue weighted by molar-refractivity contribution is -0.725. The number of hydrogen-bond donors (Lipinski definition) is 2. The molecule has 5 rings (SSSR count). The fourth-order valence-electron chi connectivity index (χ4n) is 6.77. The molecule has 198 valence electrons. The number of carbonyl (C=O) groups excluding carboxylic acids is 1. The number of benzene rings is 1. The summed E-state index contributed by atoms with van der Waals surface area (Å²) in [5.41, 5.74) is 0.179. The van der Waals surface area contributed by atoms with Crippen molar-refractivity contribution in [1.29, 1.82) is 0 Å². The number of aliphatic hydroxyl groups is 1. The van der Waals surface area contributed by atoms with Crippen molar-refractivity contribution in [3.63, 3.8) is 0 Å². The van der Waals surface area contributed by atoms with Crippen LogP contribution < -0.4 is 5.32 Å². The van der Waals surface area contributed by atoms with Gasteiger partial charge in [-0.15, -0.1) is 5.01 Å². The average Bonchev–Trinajstić information content (AvgIpc) is 3.13. The van der Waals surface area contributed by atoms with Crippen molar-refractivity contribution in [1.82, 2.24) is 14.9 Å². The zero-order chi connectivity index (χ0) is 26.1. The van der Waals surface area contributed by atoms with Crippen LogP contribution in [0.3, 0.4) is 0 Å². The molecule has 0 bridgehead atoms. The Labute approximate surface area is 219 Å². The summed E-state index contributed by atoms with van der Waals surface area (Å²) in [6.45, 7) is 0.382. The van der Waals surface area contributed by atoms with Gasteiger partial charge in [-0.2, -0.15) is 0 Å². The number of carbonyl (C=O) groups is 1. The van der Waals surface area contributed by atoms with Crippen LogP contribution in [0.15, 0.2) is 54.7 Å². The molecule has 8 nitrogen and oxygen atoms in total. The molecule has 1 aliphatic heterocycles. The molecule has 1 atom stereocenters. The third kappa shape index (κ3) is 5.01. The van der Waals surface area contributed by atoms with Crippen molar-refractivity contribution in [3.05, 3.63) is 65.2 Å². The van der Waals surface area contributed by atoms with Crippen LogP contribution in [0.2, 0.25) is 0 Å². The second kappa shape index (κ2) is 10.1. The van der Waals surface area contributed by atoms with Crippen molar-refractivity contribution in [3.8, 4) is 0 Å². The van der Waals surface area contributed by atoms with E-state index in [2.05, 4.69) is 59.6 Å². The van der Waals surface area contributed by atoms with Crippen LogP contribution >= 0.6 is 0 Å². The predicted octanol–water partition coefficient (Wildman–Crippen LogP) is 4.25. The van der Waals surface area contributed by atoms with Gasteiger partial charge in [-0.3, -0.25) is 9.69 Å². The molecule has 1 amide bonds. The zero-order valence-corrected chi connectivity index (χ0v) is 22.1. The lowest BCUT2D eigenvalue weighted by Gasteiger charge is -2.50. The minimum absolute atomic E-state index is 0.0695. The summed E-state index contributed by atoms with van der Waals surface area (Å²) < 4.78 is 0. The van der Waals surface area contributed by atoms with E-state index in [-0.39, 0.29) is 29.4 Å². The van der Waals surface area contributed by atoms with Crippen molar-refractivity contribution >= 4 is 11.7 Å². The van der Waals surface area contributed by atoms with Gasteiger partial charge < -0.3 is 10.4 Å². The minimum Gasteiger partial charge on any atom is -0.388 e. The van der Waals surface area contributed by atoms with E-state index in [9.17, 15) is 14.8 Å². The summed E-state index contributed by atoms with van der Waals surface area (Å²) in [6.07, 6.45) is 9.26. The Balaban J connectivity index is 1.32. The number of aromatic nitrogens is 1. The van der Waals surface area contributed by atoms with Crippen LogP contribution in [0.25, 0.3) is 0 Å². The third-order valence-corrected chi connectivity index (χ3v) is 9.25. The maximum atomic E-state index is 13.7. The molecule has 2 aliphatic carbocycles. The summed E-state index contributed by atoms with van der Waals surface area (Å²) >= 11 is 0. The first-order valence-electron chi connectivity index (χ1n) is 13.7. The highest BCUT2D eigenvalue weighted by Crippen LogP contribution is 2.52. The average molecular weight is 507 g/mol. The normalized spacial score (nSPS) is 28.9. The van der Waals surface area contributed by atoms with Gasteiger partial charge >= 0.3 is 0 Å². The van der Waals surface area contributed by atoms with Crippen molar-refractivity contribution in [2.45, 2.75) is 86.9 Å². The first-order valence-corrected chi connectivity index (χ1v) is 13.7. The van der Waals surface area contributed by atoms with Crippen LogP contribution in [0.4, 0.5) is 5.82 Å². The molecule has 37 heavy (non-hydrogen) atoms. The molecule has 3 fully saturated rings. The number of amides is 1. The van der Waals surface area contributed by atoms with E-state index in [4.69, 9.17) is 0 Å². The highest BCUT2D eigenvalue weighted by atomic mass is 16.3. The van der Waals surface area contributed by atoms with E-state index in [0.29, 0.717) is 18.8 Å². The molecule has 3 aliphatic rings. The monoisotopic (exact) mass is 506 g/mol. The molecule has 1 aromatic heterocycles. The third-order valence-electron chi connectivity index (χ3n) is 9.25. The molecule has 2 saturated carbocycles. The lowest BCUT2D eigenvalue weighted by atomic mass is 9.66. The number of nitrogens with zero attached hydrogens (tertiary/aromatic N) is 4. The van der Waals surface area contributed by atoms with E-state index in [0.717, 1.165) is 56.2 Å². The Kier molecular flexibility index (Phi) is 7.07. The number of anilines is 1. The van der Waals surface area contributed by atoms with Gasteiger partial charge in [0, 0.05) is 31.0 Å². The van der Waals surface area contributed by atoms with Crippen molar-refractivity contribution in [2.75, 3.05) is 26.0 Å². The molecule has 1 saturated heterocycles. The zero-order valence-electron chi connectivity index (χ0n) is 22.1. The van der Waals surface area contributed by atoms with Gasteiger partial charge in [0.05, 0.1) is 10.5 Å². The molecule has 8 heteroatoms. The molecule has 1 spiro atoms. The molecular formula is C29H40N5O3+. The summed E-state index contributed by atoms with van der Waals surface area (Å²) in [4.78, 5) is 33.9. The van der Waals surface area contributed by atoms with Gasteiger partial charge in [-0.25, -0.2) is 4.98 Å². The van der Waals surface area contributed by atoms with Gasteiger partial charge in [-0.05, 0) is 76.7 Å². The Morgan fingerprint density at radius 3 is 2.38 bits per heavy atom. The van der Waals surface area contributed by atoms with E-state index in [1.54, 1.807) is 18.3 Å². The van der Waals surface area contributed by atoms with E-state index in [1.807, 2.05) is 11.1 Å². The number of nitroso groups, excluding NO2 is 1. The van der Waals surface area contributed by atoms with Gasteiger partial charge in [0.15, 0.2) is 0 Å². The highest BCUT2D eigenvalue weighted by Gasteiger charge is 2.62. The number of hydrogen-bond acceptors (Lipinski definition) is 5. The number of hydrazine groups is 1. The van der Waals surface area contributed by atoms with Gasteiger partial charge in [0.2, 0.25) is 11.9 Å². The maximum Gasteiger partial charge on any atom is 0.237 e. The Bertz CT molecular complexity index is 1100. The van der Waals surface area contributed by atoms with Crippen LogP contribution in [0.1, 0.15) is 69.8 Å². The van der Waals surface area contributed by atoms with Crippen LogP contribution in [-0.4, -0.2) is 68.6 Å². The van der Waals surface area contributed by atoms with Gasteiger partial charge in [0.25, 0.3) is 0 Å². The first kappa shape index (κ1) is 25.8. The number of pyridine rings is 1. The van der Waals surface area contributed by atoms with E-state index >= 15 is 0 Å². The lowest BCUT2D eigenvalue weighted by Crippen LogP contribution is -2.59. The van der Waals surface area contributed by atoms with Crippen LogP contribution in [-0.2, 0) is 10.3 Å². The summed E-state index contributed by atoms with van der Waals surface area (Å²) in [7, 11) is 4.30. The Morgan fingerprint density at radius 1 is 1.08 bits per heavy atom. The molecule has 2 aromatic rings. The van der Waals surface area contributed by atoms with Crippen molar-refractivity contribution < 1.29 is 14.8 Å². The molecule has 2 N–H and O–H groups in total. The van der Waals surface area contributed by atoms with Crippen molar-refractivity contribution in [2.24, 2.45) is 0 Å². The van der Waals surface area contributed by atoms with E-state index in [1.165, 1.54) is 5.56 Å². The van der Waals surface area contributed by atoms with Gasteiger partial charge in [0.1, 0.15) is 22.8 Å². The number of rotatable bonds is 8. The number of β-amino-alcohol motifs (C(OH)–C–C–N with tert-alkyl or cyclic N) is 1. The van der Waals surface area contributed by atoms with E-state index < -0.39 is 5.60 Å².